The number of hydrogen-bond acceptors (Lipinski definition) is 0. The summed E-state index contributed by atoms with van der Waals surface area (Å²) in [7, 11) is 0. The minimum Gasteiger partial charge on any atom is -0.103 e. The second-order valence-electron chi connectivity index (χ2n) is 3.26. The van der Waals surface area contributed by atoms with Crippen LogP contribution in [-0.4, -0.2) is 0 Å². The lowest BCUT2D eigenvalue weighted by Crippen LogP contribution is -1.88. The van der Waals surface area contributed by atoms with Crippen LogP contribution in [0.2, 0.25) is 0 Å². The molecule has 0 heteroatoms. The fraction of sp³-hybridized carbons (Fsp3) is 0.667. The molecule has 0 aromatic heterocycles. The minimum atomic E-state index is 0.626. The average molecular weight is 168 g/mol. The van der Waals surface area contributed by atoms with Crippen LogP contribution in [0.3, 0.4) is 0 Å². The average Bonchev–Trinajstić information content (AvgIpc) is 2.05. The molecule has 0 aromatic carbocycles. The van der Waals surface area contributed by atoms with E-state index in [1.807, 2.05) is 6.08 Å². The third-order valence-electron chi connectivity index (χ3n) is 1.54. The van der Waals surface area contributed by atoms with Crippen LogP contribution in [0.1, 0.15) is 47.5 Å². The molecule has 72 valence electrons. The van der Waals surface area contributed by atoms with Crippen LogP contribution >= 0.6 is 0 Å². The monoisotopic (exact) mass is 168 g/mol. The van der Waals surface area contributed by atoms with Crippen LogP contribution in [0.25, 0.3) is 0 Å². The maximum atomic E-state index is 3.72. The molecule has 0 radical (unpaired) electrons. The molecular formula is C12H24. The SMILES string of the molecule is C=CC(C)C/C(C)=C\C.CCC. The van der Waals surface area contributed by atoms with E-state index >= 15 is 0 Å². The molecule has 0 nitrogen and oxygen atoms in total. The third-order valence-corrected chi connectivity index (χ3v) is 1.54. The first-order chi connectivity index (χ1) is 5.62. The molecule has 0 N–H and O–H groups in total. The van der Waals surface area contributed by atoms with E-state index < -0.39 is 0 Å². The summed E-state index contributed by atoms with van der Waals surface area (Å²) in [5.74, 6) is 0.626. The summed E-state index contributed by atoms with van der Waals surface area (Å²) in [6, 6.07) is 0. The van der Waals surface area contributed by atoms with E-state index in [0.29, 0.717) is 5.92 Å². The Morgan fingerprint density at radius 3 is 2.08 bits per heavy atom. The molecule has 0 rings (SSSR count). The maximum Gasteiger partial charge on any atom is -0.0227 e. The summed E-state index contributed by atoms with van der Waals surface area (Å²) in [6.07, 6.45) is 6.55. The third kappa shape index (κ3) is 12.2. The van der Waals surface area contributed by atoms with E-state index in [4.69, 9.17) is 0 Å². The van der Waals surface area contributed by atoms with Crippen LogP contribution in [0.4, 0.5) is 0 Å². The first-order valence-corrected chi connectivity index (χ1v) is 4.86. The lowest BCUT2D eigenvalue weighted by Gasteiger charge is -2.03. The van der Waals surface area contributed by atoms with Gasteiger partial charge in [-0.2, -0.15) is 0 Å². The zero-order chi connectivity index (χ0) is 9.98. The molecule has 0 saturated carbocycles. The van der Waals surface area contributed by atoms with Crippen molar-refractivity contribution in [3.63, 3.8) is 0 Å². The Labute approximate surface area is 78.4 Å². The van der Waals surface area contributed by atoms with E-state index in [-0.39, 0.29) is 0 Å². The second-order valence-corrected chi connectivity index (χ2v) is 3.26. The summed E-state index contributed by atoms with van der Waals surface area (Å²) in [6.45, 7) is 14.4. The van der Waals surface area contributed by atoms with Crippen molar-refractivity contribution < 1.29 is 0 Å². The topological polar surface area (TPSA) is 0 Å². The molecule has 0 fully saturated rings. The summed E-state index contributed by atoms with van der Waals surface area (Å²) in [5, 5.41) is 0. The van der Waals surface area contributed by atoms with E-state index in [9.17, 15) is 0 Å². The molecule has 0 aliphatic carbocycles. The number of allylic oxidation sites excluding steroid dienone is 3. The van der Waals surface area contributed by atoms with Crippen molar-refractivity contribution in [2.75, 3.05) is 0 Å². The number of rotatable bonds is 3. The van der Waals surface area contributed by atoms with Gasteiger partial charge in [-0.15, -0.1) is 6.58 Å². The largest absolute Gasteiger partial charge is 0.103 e. The summed E-state index contributed by atoms with van der Waals surface area (Å²) in [5.41, 5.74) is 1.45. The molecule has 1 unspecified atom stereocenters. The van der Waals surface area contributed by atoms with Gasteiger partial charge in [0.2, 0.25) is 0 Å². The Balaban J connectivity index is 0. The molecule has 0 bridgehead atoms. The van der Waals surface area contributed by atoms with Gasteiger partial charge in [0.25, 0.3) is 0 Å². The van der Waals surface area contributed by atoms with Crippen LogP contribution < -0.4 is 0 Å². The van der Waals surface area contributed by atoms with Crippen molar-refractivity contribution in [3.8, 4) is 0 Å². The van der Waals surface area contributed by atoms with Gasteiger partial charge in [0, 0.05) is 0 Å². The van der Waals surface area contributed by atoms with Gasteiger partial charge in [-0.25, -0.2) is 0 Å². The molecule has 0 aromatic rings. The highest BCUT2D eigenvalue weighted by atomic mass is 14.0. The first kappa shape index (κ1) is 14.0. The quantitative estimate of drug-likeness (QED) is 0.541. The minimum absolute atomic E-state index is 0.626. The Kier molecular flexibility index (Phi) is 12.3. The highest BCUT2D eigenvalue weighted by Crippen LogP contribution is 2.10. The summed E-state index contributed by atoms with van der Waals surface area (Å²) < 4.78 is 0. The van der Waals surface area contributed by atoms with Crippen molar-refractivity contribution >= 4 is 0 Å². The van der Waals surface area contributed by atoms with Gasteiger partial charge in [0.15, 0.2) is 0 Å². The van der Waals surface area contributed by atoms with E-state index in [0.717, 1.165) is 6.42 Å². The summed E-state index contributed by atoms with van der Waals surface area (Å²) in [4.78, 5) is 0. The highest BCUT2D eigenvalue weighted by molar-refractivity contribution is 4.98. The molecule has 12 heavy (non-hydrogen) atoms. The molecule has 0 saturated heterocycles. The Bertz CT molecular complexity index is 120. The molecule has 0 spiro atoms. The fourth-order valence-corrected chi connectivity index (χ4v) is 0.709. The van der Waals surface area contributed by atoms with Gasteiger partial charge < -0.3 is 0 Å². The van der Waals surface area contributed by atoms with Crippen molar-refractivity contribution in [2.45, 2.75) is 47.5 Å². The molecule has 0 amide bonds. The van der Waals surface area contributed by atoms with E-state index in [1.54, 1.807) is 0 Å². The van der Waals surface area contributed by atoms with Gasteiger partial charge in [0.05, 0.1) is 0 Å². The lowest BCUT2D eigenvalue weighted by molar-refractivity contribution is 0.717. The van der Waals surface area contributed by atoms with Gasteiger partial charge in [0.1, 0.15) is 0 Å². The second kappa shape index (κ2) is 10.5. The highest BCUT2D eigenvalue weighted by Gasteiger charge is 1.94. The molecule has 0 heterocycles. The molecule has 0 aliphatic rings. The van der Waals surface area contributed by atoms with Crippen molar-refractivity contribution in [3.05, 3.63) is 24.3 Å². The first-order valence-electron chi connectivity index (χ1n) is 4.86. The van der Waals surface area contributed by atoms with Gasteiger partial charge in [-0.1, -0.05) is 44.9 Å². The standard InChI is InChI=1S/C9H16.C3H8/c1-5-8(3)7-9(4)6-2;1-3-2/h5-6,8H,1,7H2,2-4H3;3H2,1-2H3/b9-6-;. The van der Waals surface area contributed by atoms with Crippen molar-refractivity contribution in [1.82, 2.24) is 0 Å². The van der Waals surface area contributed by atoms with E-state index in [2.05, 4.69) is 47.3 Å². The lowest BCUT2D eigenvalue weighted by atomic mass is 10.0. The van der Waals surface area contributed by atoms with Crippen LogP contribution in [-0.2, 0) is 0 Å². The zero-order valence-corrected chi connectivity index (χ0v) is 9.35. The molecule has 1 atom stereocenters. The summed E-state index contributed by atoms with van der Waals surface area (Å²) >= 11 is 0. The van der Waals surface area contributed by atoms with Crippen LogP contribution in [0.15, 0.2) is 24.3 Å². The van der Waals surface area contributed by atoms with Crippen LogP contribution in [0.5, 0.6) is 0 Å². The van der Waals surface area contributed by atoms with Gasteiger partial charge in [-0.3, -0.25) is 0 Å². The van der Waals surface area contributed by atoms with Gasteiger partial charge in [-0.05, 0) is 26.2 Å². The Hall–Kier alpha value is -0.520. The van der Waals surface area contributed by atoms with Crippen molar-refractivity contribution in [2.24, 2.45) is 5.92 Å². The fourth-order valence-electron chi connectivity index (χ4n) is 0.709. The number of hydrogen-bond donors (Lipinski definition) is 0. The molecule has 0 aliphatic heterocycles. The van der Waals surface area contributed by atoms with Gasteiger partial charge >= 0.3 is 0 Å². The van der Waals surface area contributed by atoms with Crippen LogP contribution in [0, 0.1) is 5.92 Å². The van der Waals surface area contributed by atoms with E-state index in [1.165, 1.54) is 12.0 Å². The Morgan fingerprint density at radius 1 is 1.42 bits per heavy atom. The maximum absolute atomic E-state index is 3.72. The normalized spacial score (nSPS) is 12.9. The Morgan fingerprint density at radius 2 is 1.83 bits per heavy atom. The smallest absolute Gasteiger partial charge is 0.0227 e. The predicted octanol–water partition coefficient (Wildman–Crippen LogP) is 4.58. The zero-order valence-electron chi connectivity index (χ0n) is 9.35. The molecular weight excluding hydrogens is 144 g/mol. The van der Waals surface area contributed by atoms with Crippen molar-refractivity contribution in [1.29, 1.82) is 0 Å². The predicted molar refractivity (Wildman–Crippen MR) is 59.4 cm³/mol.